The minimum absolute atomic E-state index is 0.0527. The summed E-state index contributed by atoms with van der Waals surface area (Å²) in [6.07, 6.45) is 2.02. The normalized spacial score (nSPS) is 22.8. The molecule has 0 aliphatic carbocycles. The Balaban J connectivity index is 2.09. The third kappa shape index (κ3) is 4.30. The third-order valence-corrected chi connectivity index (χ3v) is 4.09. The maximum atomic E-state index is 12.5. The van der Waals surface area contributed by atoms with Crippen molar-refractivity contribution in [1.29, 1.82) is 0 Å². The molecule has 0 radical (unpaired) electrons. The van der Waals surface area contributed by atoms with Crippen LogP contribution in [0.4, 0.5) is 8.78 Å². The average molecular weight is 315 g/mol. The Morgan fingerprint density at radius 2 is 2.14 bits per heavy atom. The Morgan fingerprint density at radius 1 is 1.36 bits per heavy atom. The quantitative estimate of drug-likeness (QED) is 0.876. The number of alkyl halides is 2. The van der Waals surface area contributed by atoms with E-state index in [9.17, 15) is 13.9 Å². The summed E-state index contributed by atoms with van der Waals surface area (Å²) in [5, 5.41) is 9.50. The van der Waals surface area contributed by atoms with Crippen LogP contribution in [0.1, 0.15) is 25.3 Å². The molecule has 1 heterocycles. The van der Waals surface area contributed by atoms with Crippen LogP contribution in [-0.2, 0) is 6.54 Å². The lowest BCUT2D eigenvalue weighted by Crippen LogP contribution is -2.43. The fraction of sp³-hybridized carbons (Fsp3) is 0.625. The lowest BCUT2D eigenvalue weighted by molar-refractivity contribution is -0.0512. The fourth-order valence-corrected chi connectivity index (χ4v) is 2.96. The molecule has 1 N–H and O–H groups in total. The van der Waals surface area contributed by atoms with Gasteiger partial charge in [-0.1, -0.05) is 13.0 Å². The van der Waals surface area contributed by atoms with Gasteiger partial charge < -0.3 is 14.6 Å². The third-order valence-electron chi connectivity index (χ3n) is 4.09. The van der Waals surface area contributed by atoms with E-state index in [4.69, 9.17) is 4.74 Å². The van der Waals surface area contributed by atoms with Crippen LogP contribution in [0.15, 0.2) is 18.2 Å². The first-order valence-corrected chi connectivity index (χ1v) is 7.41. The minimum Gasteiger partial charge on any atom is -0.493 e. The van der Waals surface area contributed by atoms with Crippen molar-refractivity contribution in [2.45, 2.75) is 32.9 Å². The molecule has 4 nitrogen and oxygen atoms in total. The van der Waals surface area contributed by atoms with Crippen molar-refractivity contribution >= 4 is 0 Å². The zero-order chi connectivity index (χ0) is 16.2. The average Bonchev–Trinajstić information content (AvgIpc) is 2.47. The van der Waals surface area contributed by atoms with E-state index < -0.39 is 6.61 Å². The van der Waals surface area contributed by atoms with Crippen molar-refractivity contribution in [1.82, 2.24) is 4.90 Å². The second kappa shape index (κ2) is 7.24. The molecular formula is C16H23F2NO3. The van der Waals surface area contributed by atoms with Crippen molar-refractivity contribution < 1.29 is 23.4 Å². The highest BCUT2D eigenvalue weighted by atomic mass is 19.3. The topological polar surface area (TPSA) is 41.9 Å². The van der Waals surface area contributed by atoms with E-state index >= 15 is 0 Å². The molecule has 0 amide bonds. The maximum Gasteiger partial charge on any atom is 0.387 e. The first kappa shape index (κ1) is 17.0. The van der Waals surface area contributed by atoms with Gasteiger partial charge in [-0.15, -0.1) is 0 Å². The number of aliphatic hydroxyl groups excluding tert-OH is 1. The molecule has 124 valence electrons. The number of rotatable bonds is 6. The van der Waals surface area contributed by atoms with Gasteiger partial charge >= 0.3 is 6.61 Å². The number of nitrogens with zero attached hydrogens (tertiary/aromatic N) is 1. The number of aliphatic hydroxyl groups is 1. The van der Waals surface area contributed by atoms with Gasteiger partial charge in [0.15, 0.2) is 11.5 Å². The van der Waals surface area contributed by atoms with E-state index in [1.54, 1.807) is 12.1 Å². The molecule has 0 saturated carbocycles. The number of benzene rings is 1. The molecule has 1 aromatic carbocycles. The Labute approximate surface area is 129 Å². The van der Waals surface area contributed by atoms with E-state index in [2.05, 4.69) is 16.6 Å². The molecule has 0 spiro atoms. The number of methoxy groups -OCH3 is 1. The smallest absolute Gasteiger partial charge is 0.387 e. The van der Waals surface area contributed by atoms with Crippen LogP contribution in [0, 0.1) is 5.41 Å². The van der Waals surface area contributed by atoms with Gasteiger partial charge in [-0.2, -0.15) is 8.78 Å². The molecule has 22 heavy (non-hydrogen) atoms. The van der Waals surface area contributed by atoms with Crippen LogP contribution in [0.25, 0.3) is 0 Å². The number of halogens is 2. The molecule has 2 rings (SSSR count). The molecule has 6 heteroatoms. The predicted molar refractivity (Wildman–Crippen MR) is 79.3 cm³/mol. The van der Waals surface area contributed by atoms with Crippen molar-refractivity contribution in [2.24, 2.45) is 5.41 Å². The lowest BCUT2D eigenvalue weighted by atomic mass is 9.82. The van der Waals surface area contributed by atoms with E-state index in [1.807, 2.05) is 6.07 Å². The Kier molecular flexibility index (Phi) is 5.58. The second-order valence-corrected chi connectivity index (χ2v) is 6.15. The number of ether oxygens (including phenoxy) is 2. The monoisotopic (exact) mass is 315 g/mol. The number of hydrogen-bond acceptors (Lipinski definition) is 4. The van der Waals surface area contributed by atoms with Gasteiger partial charge in [0.25, 0.3) is 0 Å². The second-order valence-electron chi connectivity index (χ2n) is 6.15. The van der Waals surface area contributed by atoms with Crippen LogP contribution in [0.5, 0.6) is 11.5 Å². The van der Waals surface area contributed by atoms with Crippen LogP contribution in [-0.4, -0.2) is 43.4 Å². The summed E-state index contributed by atoms with van der Waals surface area (Å²) in [5.74, 6) is 0.347. The number of hydrogen-bond donors (Lipinski definition) is 1. The summed E-state index contributed by atoms with van der Waals surface area (Å²) in [7, 11) is 1.42. The molecule has 0 bridgehead atoms. The molecule has 1 atom stereocenters. The standard InChI is InChI=1S/C16H23F2NO3/c1-16(11-20)6-3-7-19(10-16)9-12-4-5-13(21-2)14(8-12)22-15(17)18/h4-5,8,15,20H,3,6-7,9-11H2,1-2H3. The van der Waals surface area contributed by atoms with Gasteiger partial charge in [-0.3, -0.25) is 4.90 Å². The van der Waals surface area contributed by atoms with Gasteiger partial charge in [0, 0.05) is 25.1 Å². The van der Waals surface area contributed by atoms with E-state index in [0.29, 0.717) is 12.3 Å². The SMILES string of the molecule is COc1ccc(CN2CCCC(C)(CO)C2)cc1OC(F)F. The summed E-state index contributed by atoms with van der Waals surface area (Å²) in [5.41, 5.74) is 0.797. The summed E-state index contributed by atoms with van der Waals surface area (Å²) in [6, 6.07) is 5.08. The highest BCUT2D eigenvalue weighted by molar-refractivity contribution is 5.43. The molecule has 0 aromatic heterocycles. The fourth-order valence-electron chi connectivity index (χ4n) is 2.96. The largest absolute Gasteiger partial charge is 0.493 e. The highest BCUT2D eigenvalue weighted by Gasteiger charge is 2.30. The predicted octanol–water partition coefficient (Wildman–Crippen LogP) is 2.89. The van der Waals surface area contributed by atoms with Gasteiger partial charge in [0.2, 0.25) is 0 Å². The van der Waals surface area contributed by atoms with Crippen molar-refractivity contribution in [2.75, 3.05) is 26.8 Å². The summed E-state index contributed by atoms with van der Waals surface area (Å²) < 4.78 is 34.5. The van der Waals surface area contributed by atoms with Crippen LogP contribution in [0.2, 0.25) is 0 Å². The minimum atomic E-state index is -2.88. The maximum absolute atomic E-state index is 12.5. The van der Waals surface area contributed by atoms with Gasteiger partial charge in [-0.05, 0) is 37.1 Å². The van der Waals surface area contributed by atoms with Gasteiger partial charge in [0.1, 0.15) is 0 Å². The van der Waals surface area contributed by atoms with Gasteiger partial charge in [0.05, 0.1) is 7.11 Å². The van der Waals surface area contributed by atoms with Crippen molar-refractivity contribution in [3.8, 4) is 11.5 Å². The Morgan fingerprint density at radius 3 is 2.77 bits per heavy atom. The molecule has 1 saturated heterocycles. The van der Waals surface area contributed by atoms with Crippen LogP contribution in [0.3, 0.4) is 0 Å². The van der Waals surface area contributed by atoms with Crippen molar-refractivity contribution in [3.63, 3.8) is 0 Å². The lowest BCUT2D eigenvalue weighted by Gasteiger charge is -2.39. The molecule has 1 aromatic rings. The molecule has 1 aliphatic rings. The van der Waals surface area contributed by atoms with E-state index in [0.717, 1.165) is 31.5 Å². The van der Waals surface area contributed by atoms with Gasteiger partial charge in [-0.25, -0.2) is 0 Å². The zero-order valence-corrected chi connectivity index (χ0v) is 13.0. The highest BCUT2D eigenvalue weighted by Crippen LogP contribution is 2.32. The van der Waals surface area contributed by atoms with E-state index in [1.165, 1.54) is 7.11 Å². The first-order valence-electron chi connectivity index (χ1n) is 7.41. The van der Waals surface area contributed by atoms with Crippen LogP contribution >= 0.6 is 0 Å². The molecule has 1 fully saturated rings. The number of likely N-dealkylation sites (tertiary alicyclic amines) is 1. The molecular weight excluding hydrogens is 292 g/mol. The van der Waals surface area contributed by atoms with Crippen LogP contribution < -0.4 is 9.47 Å². The molecule has 1 unspecified atom stereocenters. The molecule has 1 aliphatic heterocycles. The van der Waals surface area contributed by atoms with Crippen molar-refractivity contribution in [3.05, 3.63) is 23.8 Å². The zero-order valence-electron chi connectivity index (χ0n) is 13.0. The summed E-state index contributed by atoms with van der Waals surface area (Å²) in [6.45, 7) is 1.72. The summed E-state index contributed by atoms with van der Waals surface area (Å²) in [4.78, 5) is 2.23. The Hall–Kier alpha value is -1.40. The Bertz CT molecular complexity index is 498. The van der Waals surface area contributed by atoms with E-state index in [-0.39, 0.29) is 17.8 Å². The summed E-state index contributed by atoms with van der Waals surface area (Å²) >= 11 is 0. The number of piperidine rings is 1. The first-order chi connectivity index (χ1) is 10.5.